The fourth-order valence-corrected chi connectivity index (χ4v) is 2.34. The van der Waals surface area contributed by atoms with Crippen molar-refractivity contribution in [1.82, 2.24) is 5.32 Å². The van der Waals surface area contributed by atoms with Crippen LogP contribution in [0.15, 0.2) is 24.3 Å². The van der Waals surface area contributed by atoms with Crippen LogP contribution in [0.5, 0.6) is 0 Å². The minimum atomic E-state index is 0.00829. The maximum Gasteiger partial charge on any atom is 0.251 e. The molecule has 0 aromatic heterocycles. The van der Waals surface area contributed by atoms with Crippen molar-refractivity contribution in [3.05, 3.63) is 29.8 Å². The van der Waals surface area contributed by atoms with Crippen LogP contribution in [-0.2, 0) is 0 Å². The number of carbonyl (C=O) groups is 1. The molecule has 3 heteroatoms. The van der Waals surface area contributed by atoms with Gasteiger partial charge in [-0.25, -0.2) is 0 Å². The summed E-state index contributed by atoms with van der Waals surface area (Å²) in [6, 6.07) is 7.52. The van der Waals surface area contributed by atoms with Gasteiger partial charge >= 0.3 is 0 Å². The molecule has 0 saturated carbocycles. The molecule has 0 aliphatic carbocycles. The molecule has 2 N–H and O–H groups in total. The van der Waals surface area contributed by atoms with Gasteiger partial charge in [-0.3, -0.25) is 4.79 Å². The second-order valence-electron chi connectivity index (χ2n) is 5.69. The topological polar surface area (TPSA) is 41.1 Å². The van der Waals surface area contributed by atoms with E-state index in [9.17, 15) is 4.79 Å². The van der Waals surface area contributed by atoms with Crippen LogP contribution in [0.1, 0.15) is 38.1 Å². The summed E-state index contributed by atoms with van der Waals surface area (Å²) < 4.78 is 0. The van der Waals surface area contributed by atoms with Crippen LogP contribution >= 0.6 is 0 Å². The Balaban J connectivity index is 2.58. The van der Waals surface area contributed by atoms with Crippen LogP contribution in [0.25, 0.3) is 0 Å². The molecule has 1 rings (SSSR count). The van der Waals surface area contributed by atoms with Crippen molar-refractivity contribution in [3.8, 4) is 0 Å². The SMILES string of the molecule is CNc1ccc(C(=O)NCC(C(C)C)C(C)C)cc1. The summed E-state index contributed by atoms with van der Waals surface area (Å²) in [4.78, 5) is 12.1. The zero-order valence-electron chi connectivity index (χ0n) is 12.7. The van der Waals surface area contributed by atoms with Crippen molar-refractivity contribution >= 4 is 11.6 Å². The standard InChI is InChI=1S/C16H26N2O/c1-11(2)15(12(3)4)10-18-16(19)13-6-8-14(17-5)9-7-13/h6-9,11-12,15,17H,10H2,1-5H3,(H,18,19). The molecule has 0 fully saturated rings. The Hall–Kier alpha value is -1.51. The highest BCUT2D eigenvalue weighted by Gasteiger charge is 2.18. The Labute approximate surface area is 116 Å². The molecule has 0 aliphatic rings. The number of benzene rings is 1. The summed E-state index contributed by atoms with van der Waals surface area (Å²) in [5, 5.41) is 6.08. The van der Waals surface area contributed by atoms with Crippen molar-refractivity contribution in [2.24, 2.45) is 17.8 Å². The third-order valence-electron chi connectivity index (χ3n) is 3.65. The van der Waals surface area contributed by atoms with Gasteiger partial charge in [0.2, 0.25) is 0 Å². The monoisotopic (exact) mass is 262 g/mol. The Morgan fingerprint density at radius 3 is 2.00 bits per heavy atom. The van der Waals surface area contributed by atoms with Crippen LogP contribution in [0.2, 0.25) is 0 Å². The van der Waals surface area contributed by atoms with Crippen LogP contribution in [-0.4, -0.2) is 19.5 Å². The molecule has 0 saturated heterocycles. The van der Waals surface area contributed by atoms with Gasteiger partial charge in [0.05, 0.1) is 0 Å². The first kappa shape index (κ1) is 15.5. The minimum Gasteiger partial charge on any atom is -0.388 e. The molecule has 0 heterocycles. The van der Waals surface area contributed by atoms with Gasteiger partial charge in [0.1, 0.15) is 0 Å². The van der Waals surface area contributed by atoms with E-state index in [1.807, 2.05) is 31.3 Å². The lowest BCUT2D eigenvalue weighted by molar-refractivity contribution is 0.0937. The summed E-state index contributed by atoms with van der Waals surface area (Å²) in [6.07, 6.45) is 0. The predicted molar refractivity (Wildman–Crippen MR) is 81.5 cm³/mol. The molecule has 0 radical (unpaired) electrons. The van der Waals surface area contributed by atoms with Gasteiger partial charge in [0.25, 0.3) is 5.91 Å². The highest BCUT2D eigenvalue weighted by Crippen LogP contribution is 2.19. The number of anilines is 1. The van der Waals surface area contributed by atoms with E-state index in [4.69, 9.17) is 0 Å². The van der Waals surface area contributed by atoms with Crippen LogP contribution < -0.4 is 10.6 Å². The zero-order chi connectivity index (χ0) is 14.4. The highest BCUT2D eigenvalue weighted by atomic mass is 16.1. The van der Waals surface area contributed by atoms with E-state index in [1.165, 1.54) is 0 Å². The fourth-order valence-electron chi connectivity index (χ4n) is 2.34. The first-order chi connectivity index (χ1) is 8.95. The van der Waals surface area contributed by atoms with Crippen LogP contribution in [0.4, 0.5) is 5.69 Å². The first-order valence-corrected chi connectivity index (χ1v) is 7.01. The second-order valence-corrected chi connectivity index (χ2v) is 5.69. The van der Waals surface area contributed by atoms with E-state index in [0.717, 1.165) is 12.2 Å². The van der Waals surface area contributed by atoms with E-state index < -0.39 is 0 Å². The van der Waals surface area contributed by atoms with E-state index in [-0.39, 0.29) is 5.91 Å². The molecule has 0 unspecified atom stereocenters. The number of hydrogen-bond donors (Lipinski definition) is 2. The van der Waals surface area contributed by atoms with Crippen LogP contribution in [0.3, 0.4) is 0 Å². The normalized spacial score (nSPS) is 11.2. The number of hydrogen-bond acceptors (Lipinski definition) is 2. The molecule has 0 spiro atoms. The van der Waals surface area contributed by atoms with Gasteiger partial charge in [-0.2, -0.15) is 0 Å². The van der Waals surface area contributed by atoms with Crippen molar-refractivity contribution in [3.63, 3.8) is 0 Å². The lowest BCUT2D eigenvalue weighted by Gasteiger charge is -2.25. The van der Waals surface area contributed by atoms with Gasteiger partial charge in [0, 0.05) is 24.8 Å². The highest BCUT2D eigenvalue weighted by molar-refractivity contribution is 5.94. The molecular weight excluding hydrogens is 236 g/mol. The van der Waals surface area contributed by atoms with E-state index >= 15 is 0 Å². The lowest BCUT2D eigenvalue weighted by Crippen LogP contribution is -2.33. The molecule has 3 nitrogen and oxygen atoms in total. The number of nitrogens with one attached hydrogen (secondary N) is 2. The Kier molecular flexibility index (Phi) is 5.87. The predicted octanol–water partition coefficient (Wildman–Crippen LogP) is 3.39. The zero-order valence-corrected chi connectivity index (χ0v) is 12.7. The number of rotatable bonds is 6. The smallest absolute Gasteiger partial charge is 0.251 e. The van der Waals surface area contributed by atoms with Gasteiger partial charge in [-0.15, -0.1) is 0 Å². The summed E-state index contributed by atoms with van der Waals surface area (Å²) in [6.45, 7) is 9.57. The summed E-state index contributed by atoms with van der Waals surface area (Å²) in [5.74, 6) is 1.67. The molecule has 1 amide bonds. The van der Waals surface area contributed by atoms with E-state index in [0.29, 0.717) is 23.3 Å². The van der Waals surface area contributed by atoms with Crippen molar-refractivity contribution < 1.29 is 4.79 Å². The third kappa shape index (κ3) is 4.58. The average Bonchev–Trinajstić information content (AvgIpc) is 2.38. The molecule has 0 aliphatic heterocycles. The summed E-state index contributed by atoms with van der Waals surface area (Å²) in [5.41, 5.74) is 1.73. The van der Waals surface area contributed by atoms with Gasteiger partial charge in [0.15, 0.2) is 0 Å². The largest absolute Gasteiger partial charge is 0.388 e. The maximum atomic E-state index is 12.1. The summed E-state index contributed by atoms with van der Waals surface area (Å²) >= 11 is 0. The Bertz CT molecular complexity index is 388. The minimum absolute atomic E-state index is 0.00829. The van der Waals surface area contributed by atoms with Crippen molar-refractivity contribution in [2.45, 2.75) is 27.7 Å². The number of amides is 1. The first-order valence-electron chi connectivity index (χ1n) is 7.01. The maximum absolute atomic E-state index is 12.1. The second kappa shape index (κ2) is 7.17. The number of carbonyl (C=O) groups excluding carboxylic acids is 1. The lowest BCUT2D eigenvalue weighted by atomic mass is 9.85. The molecular formula is C16H26N2O. The van der Waals surface area contributed by atoms with E-state index in [2.05, 4.69) is 38.3 Å². The quantitative estimate of drug-likeness (QED) is 0.825. The molecule has 1 aromatic rings. The molecule has 19 heavy (non-hydrogen) atoms. The molecule has 106 valence electrons. The van der Waals surface area contributed by atoms with Crippen molar-refractivity contribution in [2.75, 3.05) is 18.9 Å². The van der Waals surface area contributed by atoms with Crippen LogP contribution in [0, 0.1) is 17.8 Å². The van der Waals surface area contributed by atoms with Crippen molar-refractivity contribution in [1.29, 1.82) is 0 Å². The Morgan fingerprint density at radius 2 is 1.58 bits per heavy atom. The fraction of sp³-hybridized carbons (Fsp3) is 0.562. The van der Waals surface area contributed by atoms with Gasteiger partial charge in [-0.05, 0) is 42.0 Å². The summed E-state index contributed by atoms with van der Waals surface area (Å²) in [7, 11) is 1.87. The third-order valence-corrected chi connectivity index (χ3v) is 3.65. The van der Waals surface area contributed by atoms with E-state index in [1.54, 1.807) is 0 Å². The Morgan fingerprint density at radius 1 is 1.05 bits per heavy atom. The average molecular weight is 262 g/mol. The molecule has 0 bridgehead atoms. The van der Waals surface area contributed by atoms with Gasteiger partial charge < -0.3 is 10.6 Å². The molecule has 1 aromatic carbocycles. The molecule has 0 atom stereocenters. The van der Waals surface area contributed by atoms with Gasteiger partial charge in [-0.1, -0.05) is 27.7 Å².